The molecule has 2 aromatic carbocycles. The van der Waals surface area contributed by atoms with Crippen LogP contribution in [0.5, 0.6) is 0 Å². The highest BCUT2D eigenvalue weighted by Gasteiger charge is 2.37. The maximum Gasteiger partial charge on any atom is 0.261 e. The fraction of sp³-hybridized carbons (Fsp3) is 0.364. The van der Waals surface area contributed by atoms with E-state index < -0.39 is 0 Å². The van der Waals surface area contributed by atoms with Crippen molar-refractivity contribution in [2.45, 2.75) is 39.0 Å². The molecule has 2 aromatic rings. The average molecular weight is 335 g/mol. The van der Waals surface area contributed by atoms with Crippen LogP contribution < -0.4 is 0 Å². The molecule has 0 fully saturated rings. The molecule has 0 saturated heterocycles. The first-order valence-electron chi connectivity index (χ1n) is 8.95. The molecule has 3 rings (SSSR count). The Balaban J connectivity index is 1.75. The van der Waals surface area contributed by atoms with Gasteiger partial charge in [0.1, 0.15) is 0 Å². The summed E-state index contributed by atoms with van der Waals surface area (Å²) in [7, 11) is 0. The molecule has 1 aliphatic rings. The highest BCUT2D eigenvalue weighted by atomic mass is 16.2. The third kappa shape index (κ3) is 3.37. The van der Waals surface area contributed by atoms with Gasteiger partial charge >= 0.3 is 0 Å². The molecule has 1 atom stereocenters. The van der Waals surface area contributed by atoms with Crippen molar-refractivity contribution in [2.75, 3.05) is 6.54 Å². The molecule has 1 heterocycles. The van der Waals surface area contributed by atoms with E-state index in [-0.39, 0.29) is 23.1 Å². The van der Waals surface area contributed by atoms with Gasteiger partial charge in [-0.25, -0.2) is 0 Å². The second-order valence-corrected chi connectivity index (χ2v) is 7.49. The zero-order valence-corrected chi connectivity index (χ0v) is 15.2. The number of carbonyl (C=O) groups excluding carboxylic acids is 2. The van der Waals surface area contributed by atoms with E-state index in [4.69, 9.17) is 0 Å². The molecule has 1 aliphatic heterocycles. The summed E-state index contributed by atoms with van der Waals surface area (Å²) in [4.78, 5) is 26.6. The summed E-state index contributed by atoms with van der Waals surface area (Å²) in [6, 6.07) is 17.5. The topological polar surface area (TPSA) is 37.4 Å². The van der Waals surface area contributed by atoms with Gasteiger partial charge in [-0.15, -0.1) is 0 Å². The Morgan fingerprint density at radius 2 is 1.40 bits per heavy atom. The van der Waals surface area contributed by atoms with Crippen LogP contribution in [0.4, 0.5) is 0 Å². The molecule has 0 bridgehead atoms. The molecule has 130 valence electrons. The van der Waals surface area contributed by atoms with Crippen LogP contribution in [0, 0.1) is 5.92 Å². The van der Waals surface area contributed by atoms with Crippen LogP contribution >= 0.6 is 0 Å². The Morgan fingerprint density at radius 1 is 0.880 bits per heavy atom. The first-order chi connectivity index (χ1) is 11.9. The van der Waals surface area contributed by atoms with Crippen LogP contribution in [0.3, 0.4) is 0 Å². The third-order valence-corrected chi connectivity index (χ3v) is 5.25. The zero-order valence-electron chi connectivity index (χ0n) is 15.2. The van der Waals surface area contributed by atoms with Gasteiger partial charge in [-0.2, -0.15) is 0 Å². The summed E-state index contributed by atoms with van der Waals surface area (Å²) in [6.07, 6.45) is 1.87. The lowest BCUT2D eigenvalue weighted by Crippen LogP contribution is -2.36. The van der Waals surface area contributed by atoms with Crippen LogP contribution in [-0.4, -0.2) is 23.3 Å². The van der Waals surface area contributed by atoms with Gasteiger partial charge in [0.25, 0.3) is 11.8 Å². The summed E-state index contributed by atoms with van der Waals surface area (Å²) < 4.78 is 0. The maximum absolute atomic E-state index is 12.6. The molecule has 0 aliphatic carbocycles. The molecule has 0 aromatic heterocycles. The first-order valence-corrected chi connectivity index (χ1v) is 8.95. The van der Waals surface area contributed by atoms with Crippen molar-refractivity contribution in [3.63, 3.8) is 0 Å². The van der Waals surface area contributed by atoms with Crippen molar-refractivity contribution in [1.29, 1.82) is 0 Å². The molecule has 25 heavy (non-hydrogen) atoms. The van der Waals surface area contributed by atoms with Crippen molar-refractivity contribution < 1.29 is 9.59 Å². The van der Waals surface area contributed by atoms with Crippen molar-refractivity contribution in [1.82, 2.24) is 4.90 Å². The Bertz CT molecular complexity index is 745. The lowest BCUT2D eigenvalue weighted by atomic mass is 9.76. The minimum atomic E-state index is -0.156. The molecule has 0 spiro atoms. The smallest absolute Gasteiger partial charge is 0.261 e. The molecule has 3 heteroatoms. The minimum Gasteiger partial charge on any atom is -0.274 e. The van der Waals surface area contributed by atoms with Gasteiger partial charge in [0.15, 0.2) is 0 Å². The predicted molar refractivity (Wildman–Crippen MR) is 99.7 cm³/mol. The molecular formula is C22H25NO2. The van der Waals surface area contributed by atoms with Crippen molar-refractivity contribution >= 4 is 11.8 Å². The lowest BCUT2D eigenvalue weighted by Gasteiger charge is -2.31. The Morgan fingerprint density at radius 3 is 1.92 bits per heavy atom. The van der Waals surface area contributed by atoms with Gasteiger partial charge in [-0.05, 0) is 35.4 Å². The number of hydrogen-bond acceptors (Lipinski definition) is 2. The van der Waals surface area contributed by atoms with Gasteiger partial charge in [0, 0.05) is 6.54 Å². The van der Waals surface area contributed by atoms with E-state index in [1.165, 1.54) is 10.5 Å². The lowest BCUT2D eigenvalue weighted by molar-refractivity contribution is 0.0618. The van der Waals surface area contributed by atoms with Crippen molar-refractivity contribution in [2.24, 2.45) is 5.92 Å². The quantitative estimate of drug-likeness (QED) is 0.719. The van der Waals surface area contributed by atoms with E-state index >= 15 is 0 Å². The maximum atomic E-state index is 12.6. The summed E-state index contributed by atoms with van der Waals surface area (Å²) in [5.74, 6) is -0.0365. The van der Waals surface area contributed by atoms with Crippen molar-refractivity contribution in [3.8, 4) is 0 Å². The number of imide groups is 1. The summed E-state index contributed by atoms with van der Waals surface area (Å²) >= 11 is 0. The van der Waals surface area contributed by atoms with E-state index in [9.17, 15) is 9.59 Å². The first kappa shape index (κ1) is 17.4. The van der Waals surface area contributed by atoms with Crippen LogP contribution in [0.2, 0.25) is 0 Å². The predicted octanol–water partition coefficient (Wildman–Crippen LogP) is 4.68. The number of fused-ring (bicyclic) bond motifs is 1. The normalized spacial score (nSPS) is 15.4. The van der Waals surface area contributed by atoms with Gasteiger partial charge in [-0.3, -0.25) is 14.5 Å². The number of amides is 2. The standard InChI is InChI=1S/C22H25NO2/c1-4-16(14-22(2,3)17-10-6-5-7-11-17)15-23-20(24)18-12-8-9-13-19(18)21(23)25/h5-13,16H,4,14-15H2,1-3H3. The minimum absolute atomic E-state index is 0.000603. The average Bonchev–Trinajstić information content (AvgIpc) is 2.87. The molecule has 2 amide bonds. The number of benzene rings is 2. The third-order valence-electron chi connectivity index (χ3n) is 5.25. The number of rotatable bonds is 6. The SMILES string of the molecule is CCC(CN1C(=O)c2ccccc2C1=O)CC(C)(C)c1ccccc1. The van der Waals surface area contributed by atoms with Gasteiger partial charge < -0.3 is 0 Å². The van der Waals surface area contributed by atoms with Gasteiger partial charge in [-0.1, -0.05) is 69.7 Å². The largest absolute Gasteiger partial charge is 0.274 e. The van der Waals surface area contributed by atoms with E-state index in [1.807, 2.05) is 18.2 Å². The molecule has 3 nitrogen and oxygen atoms in total. The monoisotopic (exact) mass is 335 g/mol. The molecule has 0 N–H and O–H groups in total. The van der Waals surface area contributed by atoms with E-state index in [0.29, 0.717) is 17.7 Å². The Hall–Kier alpha value is -2.42. The van der Waals surface area contributed by atoms with Crippen LogP contribution in [0.25, 0.3) is 0 Å². The fourth-order valence-electron chi connectivity index (χ4n) is 3.73. The van der Waals surface area contributed by atoms with Crippen LogP contribution in [0.15, 0.2) is 54.6 Å². The van der Waals surface area contributed by atoms with Gasteiger partial charge in [0.05, 0.1) is 11.1 Å². The molecular weight excluding hydrogens is 310 g/mol. The zero-order chi connectivity index (χ0) is 18.0. The summed E-state index contributed by atoms with van der Waals surface area (Å²) in [5, 5.41) is 0. The van der Waals surface area contributed by atoms with Crippen LogP contribution in [-0.2, 0) is 5.41 Å². The molecule has 0 radical (unpaired) electrons. The molecule has 0 saturated carbocycles. The van der Waals surface area contributed by atoms with E-state index in [2.05, 4.69) is 45.0 Å². The Labute approximate surface area is 149 Å². The van der Waals surface area contributed by atoms with Crippen LogP contribution in [0.1, 0.15) is 59.9 Å². The second kappa shape index (κ2) is 6.83. The fourth-order valence-corrected chi connectivity index (χ4v) is 3.73. The number of nitrogens with zero attached hydrogens (tertiary/aromatic N) is 1. The van der Waals surface area contributed by atoms with E-state index in [1.54, 1.807) is 12.1 Å². The number of hydrogen-bond donors (Lipinski definition) is 0. The van der Waals surface area contributed by atoms with Gasteiger partial charge in [0.2, 0.25) is 0 Å². The number of carbonyl (C=O) groups is 2. The van der Waals surface area contributed by atoms with Crippen molar-refractivity contribution in [3.05, 3.63) is 71.3 Å². The van der Waals surface area contributed by atoms with E-state index in [0.717, 1.165) is 12.8 Å². The Kier molecular flexibility index (Phi) is 4.76. The highest BCUT2D eigenvalue weighted by molar-refractivity contribution is 6.21. The summed E-state index contributed by atoms with van der Waals surface area (Å²) in [6.45, 7) is 7.07. The molecule has 1 unspecified atom stereocenters. The summed E-state index contributed by atoms with van der Waals surface area (Å²) in [5.41, 5.74) is 2.35. The second-order valence-electron chi connectivity index (χ2n) is 7.49. The highest BCUT2D eigenvalue weighted by Crippen LogP contribution is 2.33.